The lowest BCUT2D eigenvalue weighted by Crippen LogP contribution is -2.41. The highest BCUT2D eigenvalue weighted by atomic mass is 32.2. The standard InChI is InChI=1S/C13H19FN2O2S/c1-13(2)5-7-16(8-6-13)19(17,18)12-4-3-10(14)9-11(12)15/h3-4,9H,5-8,15H2,1-2H3. The third-order valence-corrected chi connectivity index (χ3v) is 5.64. The number of halogens is 1. The van der Waals surface area contributed by atoms with Gasteiger partial charge < -0.3 is 5.73 Å². The molecule has 0 radical (unpaired) electrons. The lowest BCUT2D eigenvalue weighted by molar-refractivity contribution is 0.196. The van der Waals surface area contributed by atoms with Crippen molar-refractivity contribution in [1.29, 1.82) is 0 Å². The van der Waals surface area contributed by atoms with Crippen LogP contribution in [0.25, 0.3) is 0 Å². The van der Waals surface area contributed by atoms with Gasteiger partial charge in [-0.15, -0.1) is 0 Å². The minimum atomic E-state index is -3.62. The van der Waals surface area contributed by atoms with Gasteiger partial charge in [-0.1, -0.05) is 13.8 Å². The number of nitrogens with zero attached hydrogens (tertiary/aromatic N) is 1. The molecule has 2 N–H and O–H groups in total. The van der Waals surface area contributed by atoms with E-state index in [2.05, 4.69) is 13.8 Å². The summed E-state index contributed by atoms with van der Waals surface area (Å²) in [6.07, 6.45) is 1.63. The summed E-state index contributed by atoms with van der Waals surface area (Å²) < 4.78 is 39.3. The molecule has 1 aromatic carbocycles. The molecule has 6 heteroatoms. The van der Waals surface area contributed by atoms with Crippen LogP contribution in [0, 0.1) is 11.2 Å². The Labute approximate surface area is 113 Å². The average molecular weight is 286 g/mol. The molecule has 19 heavy (non-hydrogen) atoms. The highest BCUT2D eigenvalue weighted by Gasteiger charge is 2.33. The maximum absolute atomic E-state index is 13.0. The summed E-state index contributed by atoms with van der Waals surface area (Å²) in [5.41, 5.74) is 5.75. The van der Waals surface area contributed by atoms with Gasteiger partial charge in [0.15, 0.2) is 0 Å². The van der Waals surface area contributed by atoms with E-state index in [0.717, 1.165) is 25.0 Å². The van der Waals surface area contributed by atoms with E-state index in [9.17, 15) is 12.8 Å². The Morgan fingerprint density at radius 1 is 1.26 bits per heavy atom. The summed E-state index contributed by atoms with van der Waals surface area (Å²) in [5, 5.41) is 0. The fourth-order valence-electron chi connectivity index (χ4n) is 2.23. The molecule has 106 valence electrons. The van der Waals surface area contributed by atoms with Crippen LogP contribution in [0.3, 0.4) is 0 Å². The quantitative estimate of drug-likeness (QED) is 0.848. The first-order valence-corrected chi connectivity index (χ1v) is 7.72. The predicted molar refractivity (Wildman–Crippen MR) is 72.6 cm³/mol. The van der Waals surface area contributed by atoms with E-state index >= 15 is 0 Å². The van der Waals surface area contributed by atoms with Crippen molar-refractivity contribution in [1.82, 2.24) is 4.31 Å². The smallest absolute Gasteiger partial charge is 0.245 e. The normalized spacial score (nSPS) is 20.4. The van der Waals surface area contributed by atoms with E-state index in [-0.39, 0.29) is 16.0 Å². The Kier molecular flexibility index (Phi) is 3.57. The van der Waals surface area contributed by atoms with Crippen LogP contribution in [0.4, 0.5) is 10.1 Å². The molecule has 2 rings (SSSR count). The van der Waals surface area contributed by atoms with E-state index in [1.54, 1.807) is 0 Å². The number of sulfonamides is 1. The van der Waals surface area contributed by atoms with Gasteiger partial charge in [0, 0.05) is 13.1 Å². The molecule has 1 aromatic rings. The van der Waals surface area contributed by atoms with Gasteiger partial charge in [0.25, 0.3) is 0 Å². The first-order valence-electron chi connectivity index (χ1n) is 6.28. The molecule has 0 spiro atoms. The summed E-state index contributed by atoms with van der Waals surface area (Å²) in [5.74, 6) is -0.531. The molecule has 0 aromatic heterocycles. The van der Waals surface area contributed by atoms with Crippen molar-refractivity contribution in [2.45, 2.75) is 31.6 Å². The summed E-state index contributed by atoms with van der Waals surface area (Å²) in [4.78, 5) is -0.00592. The zero-order valence-corrected chi connectivity index (χ0v) is 12.0. The van der Waals surface area contributed by atoms with Gasteiger partial charge >= 0.3 is 0 Å². The van der Waals surface area contributed by atoms with E-state index in [1.165, 1.54) is 10.4 Å². The number of anilines is 1. The van der Waals surface area contributed by atoms with Gasteiger partial charge in [0.2, 0.25) is 10.0 Å². The van der Waals surface area contributed by atoms with Crippen LogP contribution in [0.1, 0.15) is 26.7 Å². The zero-order valence-electron chi connectivity index (χ0n) is 11.2. The van der Waals surface area contributed by atoms with E-state index in [4.69, 9.17) is 5.73 Å². The SMILES string of the molecule is CC1(C)CCN(S(=O)(=O)c2ccc(F)cc2N)CC1. The Bertz CT molecular complexity index is 574. The molecule has 0 atom stereocenters. The van der Waals surface area contributed by atoms with Crippen molar-refractivity contribution in [2.75, 3.05) is 18.8 Å². The molecule has 1 aliphatic rings. The van der Waals surface area contributed by atoms with Gasteiger partial charge in [0.05, 0.1) is 5.69 Å². The molecule has 1 heterocycles. The first kappa shape index (κ1) is 14.3. The van der Waals surface area contributed by atoms with Gasteiger partial charge in [-0.05, 0) is 36.5 Å². The average Bonchev–Trinajstić information content (AvgIpc) is 2.27. The Balaban J connectivity index is 2.28. The molecular formula is C13H19FN2O2S. The second-order valence-electron chi connectivity index (χ2n) is 5.75. The number of hydrogen-bond acceptors (Lipinski definition) is 3. The first-order chi connectivity index (χ1) is 8.72. The van der Waals surface area contributed by atoms with Crippen LogP contribution in [-0.2, 0) is 10.0 Å². The molecule has 0 saturated carbocycles. The van der Waals surface area contributed by atoms with Gasteiger partial charge in [-0.25, -0.2) is 12.8 Å². The predicted octanol–water partition coefficient (Wildman–Crippen LogP) is 2.22. The third kappa shape index (κ3) is 2.90. The summed E-state index contributed by atoms with van der Waals surface area (Å²) in [7, 11) is -3.62. The number of nitrogen functional groups attached to an aromatic ring is 1. The van der Waals surface area contributed by atoms with Crippen molar-refractivity contribution in [3.63, 3.8) is 0 Å². The summed E-state index contributed by atoms with van der Waals surface area (Å²) in [6, 6.07) is 3.40. The molecular weight excluding hydrogens is 267 g/mol. The number of rotatable bonds is 2. The molecule has 1 aliphatic heterocycles. The lowest BCUT2D eigenvalue weighted by Gasteiger charge is -2.36. The van der Waals surface area contributed by atoms with Crippen LogP contribution in [0.15, 0.2) is 23.1 Å². The highest BCUT2D eigenvalue weighted by Crippen LogP contribution is 2.33. The van der Waals surface area contributed by atoms with E-state index in [0.29, 0.717) is 13.1 Å². The van der Waals surface area contributed by atoms with Crippen LogP contribution >= 0.6 is 0 Å². The van der Waals surface area contributed by atoms with Crippen LogP contribution in [0.5, 0.6) is 0 Å². The van der Waals surface area contributed by atoms with Gasteiger partial charge in [0.1, 0.15) is 10.7 Å². The second-order valence-corrected chi connectivity index (χ2v) is 7.66. The minimum Gasteiger partial charge on any atom is -0.398 e. The van der Waals surface area contributed by atoms with Crippen molar-refractivity contribution in [3.8, 4) is 0 Å². The molecule has 0 bridgehead atoms. The molecule has 1 saturated heterocycles. The maximum atomic E-state index is 13.0. The largest absolute Gasteiger partial charge is 0.398 e. The summed E-state index contributed by atoms with van der Waals surface area (Å²) >= 11 is 0. The van der Waals surface area contributed by atoms with Crippen molar-refractivity contribution in [3.05, 3.63) is 24.0 Å². The lowest BCUT2D eigenvalue weighted by atomic mass is 9.83. The van der Waals surface area contributed by atoms with E-state index in [1.807, 2.05) is 0 Å². The number of benzene rings is 1. The Morgan fingerprint density at radius 3 is 2.37 bits per heavy atom. The van der Waals surface area contributed by atoms with Crippen LogP contribution in [0.2, 0.25) is 0 Å². The molecule has 1 fully saturated rings. The maximum Gasteiger partial charge on any atom is 0.245 e. The van der Waals surface area contributed by atoms with E-state index < -0.39 is 15.8 Å². The van der Waals surface area contributed by atoms with Crippen molar-refractivity contribution < 1.29 is 12.8 Å². The van der Waals surface area contributed by atoms with Gasteiger partial charge in [-0.3, -0.25) is 0 Å². The Morgan fingerprint density at radius 2 is 1.84 bits per heavy atom. The van der Waals surface area contributed by atoms with Crippen LogP contribution < -0.4 is 5.73 Å². The molecule has 0 aliphatic carbocycles. The fraction of sp³-hybridized carbons (Fsp3) is 0.538. The third-order valence-electron chi connectivity index (χ3n) is 3.67. The second kappa shape index (κ2) is 4.76. The highest BCUT2D eigenvalue weighted by molar-refractivity contribution is 7.89. The van der Waals surface area contributed by atoms with Crippen LogP contribution in [-0.4, -0.2) is 25.8 Å². The molecule has 4 nitrogen and oxygen atoms in total. The van der Waals surface area contributed by atoms with Crippen molar-refractivity contribution >= 4 is 15.7 Å². The summed E-state index contributed by atoms with van der Waals surface area (Å²) in [6.45, 7) is 5.21. The zero-order chi connectivity index (χ0) is 14.3. The van der Waals surface area contributed by atoms with Crippen molar-refractivity contribution in [2.24, 2.45) is 5.41 Å². The number of hydrogen-bond donors (Lipinski definition) is 1. The monoisotopic (exact) mass is 286 g/mol. The molecule has 0 amide bonds. The fourth-order valence-corrected chi connectivity index (χ4v) is 3.76. The molecule has 0 unspecified atom stereocenters. The van der Waals surface area contributed by atoms with Gasteiger partial charge in [-0.2, -0.15) is 4.31 Å². The minimum absolute atomic E-state index is 0.00592. The number of piperidine rings is 1. The Hall–Kier alpha value is -1.14. The topological polar surface area (TPSA) is 63.4 Å². The number of nitrogens with two attached hydrogens (primary N) is 1.